The van der Waals surface area contributed by atoms with Crippen molar-refractivity contribution in [3.8, 4) is 0 Å². The van der Waals surface area contributed by atoms with Crippen molar-refractivity contribution < 1.29 is 0 Å². The van der Waals surface area contributed by atoms with Gasteiger partial charge in [0.2, 0.25) is 0 Å². The molecule has 13 heavy (non-hydrogen) atoms. The molecule has 3 heteroatoms. The van der Waals surface area contributed by atoms with Crippen LogP contribution >= 0.6 is 11.8 Å². The molecule has 0 aromatic carbocycles. The molecule has 0 aliphatic heterocycles. The highest BCUT2D eigenvalue weighted by molar-refractivity contribution is 7.99. The SMILES string of the molecule is CCC(CSc1ccccn1)NC. The van der Waals surface area contributed by atoms with Gasteiger partial charge in [-0.1, -0.05) is 13.0 Å². The third-order valence-electron chi connectivity index (χ3n) is 1.97. The van der Waals surface area contributed by atoms with Crippen LogP contribution < -0.4 is 5.32 Å². The van der Waals surface area contributed by atoms with E-state index in [1.165, 1.54) is 0 Å². The van der Waals surface area contributed by atoms with E-state index in [1.807, 2.05) is 31.4 Å². The van der Waals surface area contributed by atoms with Crippen LogP contribution in [0.1, 0.15) is 13.3 Å². The number of hydrogen-bond donors (Lipinski definition) is 1. The summed E-state index contributed by atoms with van der Waals surface area (Å²) in [4.78, 5) is 4.25. The molecule has 0 amide bonds. The Labute approximate surface area is 84.1 Å². The molecule has 0 saturated heterocycles. The highest BCUT2D eigenvalue weighted by Crippen LogP contribution is 2.15. The van der Waals surface area contributed by atoms with Crippen LogP contribution in [0.2, 0.25) is 0 Å². The second-order valence-electron chi connectivity index (χ2n) is 2.87. The highest BCUT2D eigenvalue weighted by atomic mass is 32.2. The van der Waals surface area contributed by atoms with Crippen molar-refractivity contribution in [1.29, 1.82) is 0 Å². The summed E-state index contributed by atoms with van der Waals surface area (Å²) in [6, 6.07) is 6.61. The molecule has 1 aromatic heterocycles. The van der Waals surface area contributed by atoms with Gasteiger partial charge < -0.3 is 5.32 Å². The van der Waals surface area contributed by atoms with Gasteiger partial charge in [-0.3, -0.25) is 0 Å². The van der Waals surface area contributed by atoms with E-state index in [0.717, 1.165) is 17.2 Å². The first-order valence-corrected chi connectivity index (χ1v) is 5.56. The molecule has 0 fully saturated rings. The summed E-state index contributed by atoms with van der Waals surface area (Å²) in [6.45, 7) is 2.19. The Bertz CT molecular complexity index is 222. The van der Waals surface area contributed by atoms with Crippen LogP contribution in [-0.4, -0.2) is 23.8 Å². The molecule has 1 N–H and O–H groups in total. The maximum Gasteiger partial charge on any atom is 0.0960 e. The minimum absolute atomic E-state index is 0.590. The quantitative estimate of drug-likeness (QED) is 0.731. The lowest BCUT2D eigenvalue weighted by molar-refractivity contribution is 0.601. The van der Waals surface area contributed by atoms with Gasteiger partial charge in [-0.2, -0.15) is 0 Å². The number of rotatable bonds is 5. The van der Waals surface area contributed by atoms with Gasteiger partial charge in [0, 0.05) is 18.0 Å². The zero-order valence-corrected chi connectivity index (χ0v) is 8.97. The largest absolute Gasteiger partial charge is 0.316 e. The molecule has 0 spiro atoms. The first-order chi connectivity index (χ1) is 6.36. The Morgan fingerprint density at radius 2 is 2.38 bits per heavy atom. The van der Waals surface area contributed by atoms with E-state index in [1.54, 1.807) is 11.8 Å². The monoisotopic (exact) mass is 196 g/mol. The number of thioether (sulfide) groups is 1. The lowest BCUT2D eigenvalue weighted by Crippen LogP contribution is -2.26. The van der Waals surface area contributed by atoms with Gasteiger partial charge in [0.25, 0.3) is 0 Å². The molecule has 1 unspecified atom stereocenters. The van der Waals surface area contributed by atoms with Gasteiger partial charge in [0.15, 0.2) is 0 Å². The average Bonchev–Trinajstić information content (AvgIpc) is 2.21. The van der Waals surface area contributed by atoms with Crippen LogP contribution in [0.4, 0.5) is 0 Å². The van der Waals surface area contributed by atoms with Crippen LogP contribution in [-0.2, 0) is 0 Å². The number of aromatic nitrogens is 1. The second-order valence-corrected chi connectivity index (χ2v) is 3.91. The van der Waals surface area contributed by atoms with E-state index in [4.69, 9.17) is 0 Å². The molecule has 1 atom stereocenters. The van der Waals surface area contributed by atoms with E-state index >= 15 is 0 Å². The topological polar surface area (TPSA) is 24.9 Å². The summed E-state index contributed by atoms with van der Waals surface area (Å²) in [5.41, 5.74) is 0. The predicted molar refractivity (Wildman–Crippen MR) is 58.1 cm³/mol. The maximum atomic E-state index is 4.25. The molecular formula is C10H16N2S. The van der Waals surface area contributed by atoms with Gasteiger partial charge in [0.05, 0.1) is 5.03 Å². The summed E-state index contributed by atoms with van der Waals surface area (Å²) in [6.07, 6.45) is 3.00. The van der Waals surface area contributed by atoms with Crippen molar-refractivity contribution >= 4 is 11.8 Å². The third kappa shape index (κ3) is 3.79. The van der Waals surface area contributed by atoms with Crippen molar-refractivity contribution in [2.24, 2.45) is 0 Å². The Kier molecular flexibility index (Phi) is 4.86. The number of pyridine rings is 1. The fourth-order valence-electron chi connectivity index (χ4n) is 1.02. The minimum Gasteiger partial charge on any atom is -0.316 e. The van der Waals surface area contributed by atoms with Gasteiger partial charge in [-0.05, 0) is 25.6 Å². The smallest absolute Gasteiger partial charge is 0.0960 e. The Balaban J connectivity index is 2.34. The zero-order valence-electron chi connectivity index (χ0n) is 8.16. The summed E-state index contributed by atoms with van der Waals surface area (Å²) in [5, 5.41) is 4.38. The van der Waals surface area contributed by atoms with Crippen molar-refractivity contribution in [3.63, 3.8) is 0 Å². The summed E-state index contributed by atoms with van der Waals surface area (Å²) in [5.74, 6) is 1.09. The van der Waals surface area contributed by atoms with Crippen LogP contribution in [0.5, 0.6) is 0 Å². The second kappa shape index (κ2) is 6.00. The molecule has 1 rings (SSSR count). The summed E-state index contributed by atoms with van der Waals surface area (Å²) >= 11 is 1.80. The number of nitrogens with zero attached hydrogens (tertiary/aromatic N) is 1. The maximum absolute atomic E-state index is 4.25. The third-order valence-corrected chi connectivity index (χ3v) is 3.08. The molecule has 0 aliphatic rings. The molecule has 0 radical (unpaired) electrons. The Morgan fingerprint density at radius 3 is 2.92 bits per heavy atom. The summed E-state index contributed by atoms with van der Waals surface area (Å²) < 4.78 is 0. The van der Waals surface area contributed by atoms with E-state index in [0.29, 0.717) is 6.04 Å². The van der Waals surface area contributed by atoms with Gasteiger partial charge in [-0.25, -0.2) is 4.98 Å². The van der Waals surface area contributed by atoms with Gasteiger partial charge >= 0.3 is 0 Å². The van der Waals surface area contributed by atoms with E-state index in [-0.39, 0.29) is 0 Å². The first kappa shape index (κ1) is 10.5. The van der Waals surface area contributed by atoms with Crippen LogP contribution in [0.3, 0.4) is 0 Å². The summed E-state index contributed by atoms with van der Waals surface area (Å²) in [7, 11) is 2.01. The van der Waals surface area contributed by atoms with Crippen molar-refractivity contribution in [2.45, 2.75) is 24.4 Å². The van der Waals surface area contributed by atoms with Crippen LogP contribution in [0, 0.1) is 0 Å². The normalized spacial score (nSPS) is 12.8. The van der Waals surface area contributed by atoms with Crippen molar-refractivity contribution in [1.82, 2.24) is 10.3 Å². The standard InChI is InChI=1S/C10H16N2S/c1-3-9(11-2)8-13-10-6-4-5-7-12-10/h4-7,9,11H,3,8H2,1-2H3. The van der Waals surface area contributed by atoms with Gasteiger partial charge in [-0.15, -0.1) is 11.8 Å². The van der Waals surface area contributed by atoms with Crippen molar-refractivity contribution in [3.05, 3.63) is 24.4 Å². The first-order valence-electron chi connectivity index (χ1n) is 4.58. The average molecular weight is 196 g/mol. The molecule has 0 bridgehead atoms. The molecule has 72 valence electrons. The van der Waals surface area contributed by atoms with Gasteiger partial charge in [0.1, 0.15) is 0 Å². The molecule has 0 saturated carbocycles. The highest BCUT2D eigenvalue weighted by Gasteiger charge is 2.03. The minimum atomic E-state index is 0.590. The Hall–Kier alpha value is -0.540. The van der Waals surface area contributed by atoms with E-state index in [9.17, 15) is 0 Å². The zero-order chi connectivity index (χ0) is 9.52. The lowest BCUT2D eigenvalue weighted by atomic mass is 10.3. The fraction of sp³-hybridized carbons (Fsp3) is 0.500. The van der Waals surface area contributed by atoms with Crippen LogP contribution in [0.15, 0.2) is 29.4 Å². The number of hydrogen-bond acceptors (Lipinski definition) is 3. The molecule has 0 aliphatic carbocycles. The predicted octanol–water partition coefficient (Wildman–Crippen LogP) is 2.17. The van der Waals surface area contributed by atoms with E-state index in [2.05, 4.69) is 17.2 Å². The fourth-order valence-corrected chi connectivity index (χ4v) is 2.11. The lowest BCUT2D eigenvalue weighted by Gasteiger charge is -2.12. The van der Waals surface area contributed by atoms with E-state index < -0.39 is 0 Å². The Morgan fingerprint density at radius 1 is 1.54 bits per heavy atom. The van der Waals surface area contributed by atoms with Crippen molar-refractivity contribution in [2.75, 3.05) is 12.8 Å². The number of nitrogens with one attached hydrogen (secondary N) is 1. The molecule has 2 nitrogen and oxygen atoms in total. The molecular weight excluding hydrogens is 180 g/mol. The van der Waals surface area contributed by atoms with Crippen LogP contribution in [0.25, 0.3) is 0 Å². The molecule has 1 aromatic rings. The molecule has 1 heterocycles.